The third kappa shape index (κ3) is 4.51. The molecule has 6 nitrogen and oxygen atoms in total. The van der Waals surface area contributed by atoms with E-state index in [4.69, 9.17) is 4.74 Å². The quantitative estimate of drug-likeness (QED) is 0.441. The maximum atomic E-state index is 12.1. The van der Waals surface area contributed by atoms with E-state index in [1.54, 1.807) is 20.8 Å². The fourth-order valence-electron chi connectivity index (χ4n) is 1.36. The van der Waals surface area contributed by atoms with Crippen LogP contribution >= 0.6 is 0 Å². The number of alkyl halides is 3. The zero-order valence-corrected chi connectivity index (χ0v) is 12.8. The van der Waals surface area contributed by atoms with Crippen molar-refractivity contribution in [2.24, 2.45) is 0 Å². The van der Waals surface area contributed by atoms with Crippen molar-refractivity contribution in [2.45, 2.75) is 38.8 Å². The third-order valence-electron chi connectivity index (χ3n) is 2.43. The summed E-state index contributed by atoms with van der Waals surface area (Å²) in [5.41, 5.74) is -5.89. The number of rotatable bonds is 2. The second kappa shape index (κ2) is 5.39. The van der Waals surface area contributed by atoms with Crippen LogP contribution in [0.2, 0.25) is 0 Å². The number of hydrogen-bond donors (Lipinski definition) is 0. The summed E-state index contributed by atoms with van der Waals surface area (Å²) < 4.78 is 67.1. The Morgan fingerprint density at radius 1 is 1.19 bits per heavy atom. The molecular formula is C11H16F3NO5S. The lowest BCUT2D eigenvalue weighted by atomic mass is 10.1. The SMILES string of the molecule is CC(OS(=O)(=O)C(F)(F)F)=C1CN(C(=O)OC(C)(C)C)C1. The summed E-state index contributed by atoms with van der Waals surface area (Å²) >= 11 is 0. The highest BCUT2D eigenvalue weighted by molar-refractivity contribution is 7.87. The molecule has 1 amide bonds. The van der Waals surface area contributed by atoms with E-state index in [-0.39, 0.29) is 24.4 Å². The molecule has 1 rings (SSSR count). The minimum atomic E-state index is -5.68. The molecule has 0 spiro atoms. The van der Waals surface area contributed by atoms with Crippen molar-refractivity contribution in [2.75, 3.05) is 13.1 Å². The van der Waals surface area contributed by atoms with E-state index in [2.05, 4.69) is 4.18 Å². The first kappa shape index (κ1) is 17.6. The number of likely N-dealkylation sites (tertiary alicyclic amines) is 1. The van der Waals surface area contributed by atoms with Gasteiger partial charge in [0.15, 0.2) is 0 Å². The number of amides is 1. The second-order valence-electron chi connectivity index (χ2n) is 5.48. The summed E-state index contributed by atoms with van der Waals surface area (Å²) in [6.07, 6.45) is -0.627. The van der Waals surface area contributed by atoms with Crippen molar-refractivity contribution < 1.29 is 35.3 Å². The van der Waals surface area contributed by atoms with Crippen LogP contribution in [0.3, 0.4) is 0 Å². The standard InChI is InChI=1S/C11H16F3NO5S/c1-7(20-21(17,18)11(12,13)14)8-5-15(6-8)9(16)19-10(2,3)4/h5-6H2,1-4H3. The second-order valence-corrected chi connectivity index (χ2v) is 7.02. The van der Waals surface area contributed by atoms with Crippen LogP contribution in [0.4, 0.5) is 18.0 Å². The molecule has 0 radical (unpaired) electrons. The largest absolute Gasteiger partial charge is 0.534 e. The van der Waals surface area contributed by atoms with Gasteiger partial charge in [0.1, 0.15) is 11.4 Å². The molecule has 1 heterocycles. The molecule has 0 unspecified atom stereocenters. The summed E-state index contributed by atoms with van der Waals surface area (Å²) in [6.45, 7) is 6.05. The molecule has 10 heteroatoms. The highest BCUT2D eigenvalue weighted by atomic mass is 32.2. The molecule has 0 saturated carbocycles. The number of hydrogen-bond acceptors (Lipinski definition) is 5. The van der Waals surface area contributed by atoms with Crippen LogP contribution < -0.4 is 0 Å². The fourth-order valence-corrected chi connectivity index (χ4v) is 1.90. The summed E-state index contributed by atoms with van der Waals surface area (Å²) in [6, 6.07) is 0. The average molecular weight is 331 g/mol. The Balaban J connectivity index is 2.65. The molecule has 0 aromatic rings. The average Bonchev–Trinajstić information content (AvgIpc) is 2.07. The smallest absolute Gasteiger partial charge is 0.444 e. The fraction of sp³-hybridized carbons (Fsp3) is 0.727. The molecule has 0 bridgehead atoms. The number of allylic oxidation sites excluding steroid dienone is 1. The monoisotopic (exact) mass is 331 g/mol. The van der Waals surface area contributed by atoms with Gasteiger partial charge < -0.3 is 8.92 Å². The number of nitrogens with zero attached hydrogens (tertiary/aromatic N) is 1. The van der Waals surface area contributed by atoms with Gasteiger partial charge in [-0.05, 0) is 27.7 Å². The zero-order valence-electron chi connectivity index (χ0n) is 11.9. The first-order valence-corrected chi connectivity index (χ1v) is 7.31. The van der Waals surface area contributed by atoms with Gasteiger partial charge in [-0.3, -0.25) is 4.90 Å². The van der Waals surface area contributed by atoms with E-state index >= 15 is 0 Å². The minimum absolute atomic E-state index is 0.0336. The first-order chi connectivity index (χ1) is 9.23. The Morgan fingerprint density at radius 3 is 2.05 bits per heavy atom. The predicted octanol–water partition coefficient (Wildman–Crippen LogP) is 2.38. The van der Waals surface area contributed by atoms with Crippen LogP contribution in [0.1, 0.15) is 27.7 Å². The predicted molar refractivity (Wildman–Crippen MR) is 66.6 cm³/mol. The van der Waals surface area contributed by atoms with Crippen LogP contribution in [-0.2, 0) is 19.0 Å². The van der Waals surface area contributed by atoms with Gasteiger partial charge in [0.25, 0.3) is 0 Å². The number of carbonyl (C=O) groups excluding carboxylic acids is 1. The lowest BCUT2D eigenvalue weighted by molar-refractivity contribution is -0.0523. The lowest BCUT2D eigenvalue weighted by Crippen LogP contribution is -2.47. The Bertz CT molecular complexity index is 551. The van der Waals surface area contributed by atoms with E-state index < -0.39 is 27.3 Å². The van der Waals surface area contributed by atoms with Crippen molar-refractivity contribution >= 4 is 16.2 Å². The Morgan fingerprint density at radius 2 is 1.67 bits per heavy atom. The summed E-state index contributed by atoms with van der Waals surface area (Å²) in [7, 11) is -5.68. The topological polar surface area (TPSA) is 72.9 Å². The highest BCUT2D eigenvalue weighted by Gasteiger charge is 2.49. The van der Waals surface area contributed by atoms with Gasteiger partial charge in [-0.1, -0.05) is 0 Å². The Kier molecular flexibility index (Phi) is 4.52. The van der Waals surface area contributed by atoms with Crippen molar-refractivity contribution in [3.63, 3.8) is 0 Å². The van der Waals surface area contributed by atoms with Crippen LogP contribution in [0.15, 0.2) is 11.3 Å². The zero-order chi connectivity index (χ0) is 16.6. The third-order valence-corrected chi connectivity index (χ3v) is 3.47. The minimum Gasteiger partial charge on any atom is -0.444 e. The van der Waals surface area contributed by atoms with E-state index in [1.807, 2.05) is 0 Å². The maximum absolute atomic E-state index is 12.1. The van der Waals surface area contributed by atoms with Crippen LogP contribution in [0.25, 0.3) is 0 Å². The number of halogens is 3. The number of carbonyl (C=O) groups is 1. The molecule has 0 aromatic heterocycles. The van der Waals surface area contributed by atoms with Crippen molar-refractivity contribution in [1.82, 2.24) is 4.90 Å². The molecule has 0 N–H and O–H groups in total. The van der Waals surface area contributed by atoms with Crippen molar-refractivity contribution in [3.05, 3.63) is 11.3 Å². The van der Waals surface area contributed by atoms with E-state index in [0.29, 0.717) is 0 Å². The molecule has 1 saturated heterocycles. The maximum Gasteiger partial charge on any atom is 0.534 e. The Labute approximate surface area is 120 Å². The molecule has 1 aliphatic rings. The molecule has 0 atom stereocenters. The van der Waals surface area contributed by atoms with E-state index in [9.17, 15) is 26.4 Å². The van der Waals surface area contributed by atoms with Gasteiger partial charge in [-0.25, -0.2) is 4.79 Å². The van der Waals surface area contributed by atoms with Gasteiger partial charge in [-0.2, -0.15) is 21.6 Å². The molecule has 1 fully saturated rings. The Hall–Kier alpha value is -1.45. The molecule has 0 aliphatic carbocycles. The van der Waals surface area contributed by atoms with E-state index in [0.717, 1.165) is 6.92 Å². The molecular weight excluding hydrogens is 315 g/mol. The summed E-state index contributed by atoms with van der Waals surface area (Å²) in [5, 5.41) is 0. The van der Waals surface area contributed by atoms with Crippen molar-refractivity contribution in [1.29, 1.82) is 0 Å². The van der Waals surface area contributed by atoms with Gasteiger partial charge in [0.05, 0.1) is 13.1 Å². The van der Waals surface area contributed by atoms with Crippen LogP contribution in [-0.4, -0.2) is 43.6 Å². The highest BCUT2D eigenvalue weighted by Crippen LogP contribution is 2.29. The first-order valence-electron chi connectivity index (χ1n) is 5.90. The van der Waals surface area contributed by atoms with Crippen molar-refractivity contribution in [3.8, 4) is 0 Å². The normalized spacial score (nSPS) is 16.3. The van der Waals surface area contributed by atoms with Crippen LogP contribution in [0, 0.1) is 0 Å². The number of ether oxygens (including phenoxy) is 1. The molecule has 122 valence electrons. The molecule has 0 aromatic carbocycles. The van der Waals surface area contributed by atoms with Gasteiger partial charge >= 0.3 is 21.7 Å². The lowest BCUT2D eigenvalue weighted by Gasteiger charge is -2.36. The summed E-state index contributed by atoms with van der Waals surface area (Å²) in [5.74, 6) is -0.382. The molecule has 21 heavy (non-hydrogen) atoms. The van der Waals surface area contributed by atoms with Crippen LogP contribution in [0.5, 0.6) is 0 Å². The summed E-state index contributed by atoms with van der Waals surface area (Å²) in [4.78, 5) is 12.8. The van der Waals surface area contributed by atoms with E-state index in [1.165, 1.54) is 4.90 Å². The van der Waals surface area contributed by atoms with Gasteiger partial charge in [0.2, 0.25) is 0 Å². The van der Waals surface area contributed by atoms with Gasteiger partial charge in [0, 0.05) is 5.57 Å². The molecule has 1 aliphatic heterocycles. The van der Waals surface area contributed by atoms with Gasteiger partial charge in [-0.15, -0.1) is 0 Å².